The Morgan fingerprint density at radius 3 is 3.00 bits per heavy atom. The third-order valence-electron chi connectivity index (χ3n) is 3.30. The first-order valence-electron chi connectivity index (χ1n) is 5.83. The molecule has 0 bridgehead atoms. The van der Waals surface area contributed by atoms with Gasteiger partial charge in [-0.05, 0) is 44.5 Å². The predicted molar refractivity (Wildman–Crippen MR) is 62.7 cm³/mol. The first kappa shape index (κ1) is 12.0. The maximum Gasteiger partial charge on any atom is 0.180 e. The number of carbonyl (C=O) groups excluding carboxylic acids is 1. The molecule has 1 unspecified atom stereocenters. The van der Waals surface area contributed by atoms with E-state index in [4.69, 9.17) is 0 Å². The van der Waals surface area contributed by atoms with Gasteiger partial charge in [0.25, 0.3) is 0 Å². The van der Waals surface area contributed by atoms with Gasteiger partial charge in [-0.15, -0.1) is 0 Å². The lowest BCUT2D eigenvalue weighted by Crippen LogP contribution is -2.32. The minimum absolute atomic E-state index is 0.0732. The molecule has 2 rings (SSSR count). The smallest absolute Gasteiger partial charge is 0.180 e. The number of carbonyl (C=O) groups is 1. The van der Waals surface area contributed by atoms with Crippen molar-refractivity contribution in [3.05, 3.63) is 29.6 Å². The van der Waals surface area contributed by atoms with E-state index in [9.17, 15) is 14.3 Å². The van der Waals surface area contributed by atoms with E-state index in [1.807, 2.05) is 0 Å². The Hall–Kier alpha value is -1.42. The summed E-state index contributed by atoms with van der Waals surface area (Å²) in [4.78, 5) is 14.0. The van der Waals surface area contributed by atoms with Gasteiger partial charge in [0, 0.05) is 6.04 Å². The van der Waals surface area contributed by atoms with Crippen LogP contribution in [0.25, 0.3) is 0 Å². The number of halogens is 1. The Morgan fingerprint density at radius 2 is 2.35 bits per heavy atom. The lowest BCUT2D eigenvalue weighted by atomic mass is 10.1. The maximum absolute atomic E-state index is 13.0. The number of ketones is 1. The standard InChI is InChI=1S/C13H16FNO2/c1-9-3-2-6-15(9)8-13(17)11-7-10(14)4-5-12(11)16/h4-5,7,9,16H,2-3,6,8H2,1H3. The summed E-state index contributed by atoms with van der Waals surface area (Å²) in [5, 5.41) is 9.54. The SMILES string of the molecule is CC1CCCN1CC(=O)c1cc(F)ccc1O. The molecule has 1 heterocycles. The van der Waals surface area contributed by atoms with Crippen molar-refractivity contribution in [2.45, 2.75) is 25.8 Å². The normalized spacial score (nSPS) is 20.7. The summed E-state index contributed by atoms with van der Waals surface area (Å²) < 4.78 is 13.0. The van der Waals surface area contributed by atoms with Gasteiger partial charge in [0.05, 0.1) is 12.1 Å². The average Bonchev–Trinajstić information content (AvgIpc) is 2.68. The van der Waals surface area contributed by atoms with Crippen LogP contribution in [0.4, 0.5) is 4.39 Å². The highest BCUT2D eigenvalue weighted by Gasteiger charge is 2.24. The molecule has 1 fully saturated rings. The predicted octanol–water partition coefficient (Wildman–Crippen LogP) is 2.20. The molecule has 4 heteroatoms. The number of likely N-dealkylation sites (tertiary alicyclic amines) is 1. The largest absolute Gasteiger partial charge is 0.507 e. The number of hydrogen-bond acceptors (Lipinski definition) is 3. The summed E-state index contributed by atoms with van der Waals surface area (Å²) in [7, 11) is 0. The van der Waals surface area contributed by atoms with Crippen molar-refractivity contribution in [1.29, 1.82) is 0 Å². The number of nitrogens with zero attached hydrogens (tertiary/aromatic N) is 1. The zero-order valence-electron chi connectivity index (χ0n) is 9.82. The molecule has 1 atom stereocenters. The quantitative estimate of drug-likeness (QED) is 0.819. The summed E-state index contributed by atoms with van der Waals surface area (Å²) in [6.07, 6.45) is 2.17. The van der Waals surface area contributed by atoms with Crippen LogP contribution in [-0.2, 0) is 0 Å². The fraction of sp³-hybridized carbons (Fsp3) is 0.462. The lowest BCUT2D eigenvalue weighted by Gasteiger charge is -2.19. The number of benzene rings is 1. The van der Waals surface area contributed by atoms with E-state index >= 15 is 0 Å². The molecule has 17 heavy (non-hydrogen) atoms. The molecule has 0 spiro atoms. The van der Waals surface area contributed by atoms with Crippen molar-refractivity contribution in [3.63, 3.8) is 0 Å². The van der Waals surface area contributed by atoms with E-state index in [2.05, 4.69) is 11.8 Å². The Morgan fingerprint density at radius 1 is 1.59 bits per heavy atom. The third kappa shape index (κ3) is 2.64. The monoisotopic (exact) mass is 237 g/mol. The molecular weight excluding hydrogens is 221 g/mol. The summed E-state index contributed by atoms with van der Waals surface area (Å²) in [6, 6.07) is 3.84. The van der Waals surface area contributed by atoms with Crippen LogP contribution in [0.1, 0.15) is 30.1 Å². The fourth-order valence-electron chi connectivity index (χ4n) is 2.23. The molecule has 1 aromatic carbocycles. The van der Waals surface area contributed by atoms with E-state index < -0.39 is 5.82 Å². The van der Waals surface area contributed by atoms with Crippen LogP contribution in [0, 0.1) is 5.82 Å². The second-order valence-corrected chi connectivity index (χ2v) is 4.55. The van der Waals surface area contributed by atoms with Crippen molar-refractivity contribution in [3.8, 4) is 5.75 Å². The summed E-state index contributed by atoms with van der Waals surface area (Å²) >= 11 is 0. The van der Waals surface area contributed by atoms with Gasteiger partial charge in [-0.2, -0.15) is 0 Å². The van der Waals surface area contributed by atoms with Crippen molar-refractivity contribution in [1.82, 2.24) is 4.90 Å². The van der Waals surface area contributed by atoms with E-state index in [1.165, 1.54) is 6.07 Å². The molecule has 0 radical (unpaired) electrons. The first-order valence-corrected chi connectivity index (χ1v) is 5.83. The molecule has 0 aliphatic carbocycles. The highest BCUT2D eigenvalue weighted by Crippen LogP contribution is 2.21. The van der Waals surface area contributed by atoms with Gasteiger partial charge in [0.15, 0.2) is 5.78 Å². The Bertz CT molecular complexity index is 433. The van der Waals surface area contributed by atoms with Crippen LogP contribution in [0.3, 0.4) is 0 Å². The number of phenolic OH excluding ortho intramolecular Hbond substituents is 1. The van der Waals surface area contributed by atoms with Crippen molar-refractivity contribution < 1.29 is 14.3 Å². The van der Waals surface area contributed by atoms with Gasteiger partial charge in [-0.1, -0.05) is 0 Å². The van der Waals surface area contributed by atoms with E-state index in [1.54, 1.807) is 0 Å². The van der Waals surface area contributed by atoms with Gasteiger partial charge in [-0.3, -0.25) is 9.69 Å². The third-order valence-corrected chi connectivity index (χ3v) is 3.30. The zero-order chi connectivity index (χ0) is 12.4. The first-order chi connectivity index (χ1) is 8.08. The van der Waals surface area contributed by atoms with Gasteiger partial charge in [-0.25, -0.2) is 4.39 Å². The minimum Gasteiger partial charge on any atom is -0.507 e. The minimum atomic E-state index is -0.499. The topological polar surface area (TPSA) is 40.5 Å². The Balaban J connectivity index is 2.11. The zero-order valence-corrected chi connectivity index (χ0v) is 9.82. The maximum atomic E-state index is 13.0. The van der Waals surface area contributed by atoms with Crippen molar-refractivity contribution >= 4 is 5.78 Å². The molecule has 92 valence electrons. The number of Topliss-reactive ketones (excluding diaryl/α,β-unsaturated/α-hetero) is 1. The molecule has 0 saturated carbocycles. The molecule has 0 amide bonds. The molecule has 1 saturated heterocycles. The second kappa shape index (κ2) is 4.84. The molecule has 1 aliphatic rings. The number of hydrogen-bond donors (Lipinski definition) is 1. The second-order valence-electron chi connectivity index (χ2n) is 4.55. The molecular formula is C13H16FNO2. The number of phenols is 1. The van der Waals surface area contributed by atoms with Gasteiger partial charge in [0.1, 0.15) is 11.6 Å². The number of rotatable bonds is 3. The van der Waals surface area contributed by atoms with Crippen LogP contribution in [0.5, 0.6) is 5.75 Å². The Kier molecular flexibility index (Phi) is 3.43. The molecule has 1 aliphatic heterocycles. The van der Waals surface area contributed by atoms with Crippen LogP contribution in [-0.4, -0.2) is 34.9 Å². The van der Waals surface area contributed by atoms with E-state index in [0.717, 1.165) is 31.5 Å². The highest BCUT2D eigenvalue weighted by atomic mass is 19.1. The highest BCUT2D eigenvalue weighted by molar-refractivity contribution is 6.00. The molecule has 1 aromatic rings. The lowest BCUT2D eigenvalue weighted by molar-refractivity contribution is 0.0923. The number of aromatic hydroxyl groups is 1. The summed E-state index contributed by atoms with van der Waals surface area (Å²) in [5.74, 6) is -0.875. The van der Waals surface area contributed by atoms with Gasteiger partial charge >= 0.3 is 0 Å². The molecule has 0 aromatic heterocycles. The van der Waals surface area contributed by atoms with Crippen LogP contribution in [0.2, 0.25) is 0 Å². The van der Waals surface area contributed by atoms with Crippen molar-refractivity contribution in [2.75, 3.05) is 13.1 Å². The summed E-state index contributed by atoms with van der Waals surface area (Å²) in [5.41, 5.74) is 0.0732. The molecule has 1 N–H and O–H groups in total. The molecule has 3 nitrogen and oxygen atoms in total. The van der Waals surface area contributed by atoms with Gasteiger partial charge in [0.2, 0.25) is 0 Å². The average molecular weight is 237 g/mol. The van der Waals surface area contributed by atoms with Crippen molar-refractivity contribution in [2.24, 2.45) is 0 Å². The fourth-order valence-corrected chi connectivity index (χ4v) is 2.23. The van der Waals surface area contributed by atoms with Crippen LogP contribution in [0.15, 0.2) is 18.2 Å². The Labute approximate surface area is 99.9 Å². The van der Waals surface area contributed by atoms with Crippen LogP contribution < -0.4 is 0 Å². The summed E-state index contributed by atoms with van der Waals surface area (Å²) in [6.45, 7) is 3.22. The van der Waals surface area contributed by atoms with E-state index in [0.29, 0.717) is 6.04 Å². The van der Waals surface area contributed by atoms with Gasteiger partial charge < -0.3 is 5.11 Å². The van der Waals surface area contributed by atoms with E-state index in [-0.39, 0.29) is 23.6 Å². The van der Waals surface area contributed by atoms with Crippen LogP contribution >= 0.6 is 0 Å².